The second kappa shape index (κ2) is 6.91. The summed E-state index contributed by atoms with van der Waals surface area (Å²) in [5.41, 5.74) is 0.480. The van der Waals surface area contributed by atoms with E-state index in [2.05, 4.69) is 15.6 Å². The number of rotatable bonds is 5. The molecule has 1 N–H and O–H groups in total. The van der Waals surface area contributed by atoms with Crippen molar-refractivity contribution in [2.75, 3.05) is 0 Å². The minimum atomic E-state index is -0.188. The quantitative estimate of drug-likeness (QED) is 0.918. The Bertz CT molecular complexity index is 613. The van der Waals surface area contributed by atoms with Crippen molar-refractivity contribution >= 4 is 29.1 Å². The van der Waals surface area contributed by atoms with Gasteiger partial charge < -0.3 is 5.32 Å². The van der Waals surface area contributed by atoms with Crippen LogP contribution in [-0.2, 0) is 6.54 Å². The van der Waals surface area contributed by atoms with Gasteiger partial charge in [0.2, 0.25) is 0 Å². The van der Waals surface area contributed by atoms with E-state index in [0.717, 1.165) is 0 Å². The van der Waals surface area contributed by atoms with Crippen LogP contribution in [0.15, 0.2) is 30.6 Å². The van der Waals surface area contributed by atoms with E-state index in [0.29, 0.717) is 22.2 Å². The van der Waals surface area contributed by atoms with Gasteiger partial charge in [0, 0.05) is 11.8 Å². The highest BCUT2D eigenvalue weighted by atomic mass is 35.5. The van der Waals surface area contributed by atoms with Gasteiger partial charge in [-0.2, -0.15) is 0 Å². The first kappa shape index (κ1) is 15.8. The number of nitrogens with one attached hydrogen (secondary N) is 1. The highest BCUT2D eigenvalue weighted by molar-refractivity contribution is 6.42. The van der Waals surface area contributed by atoms with Crippen molar-refractivity contribution in [3.63, 3.8) is 0 Å². The standard InChI is InChI=1S/C14H16Cl2N4O/c1-9(2)13(8-20-6-5-17-19-20)18-14(21)10-3-4-11(15)12(16)7-10/h3-7,9,13H,8H2,1-2H3,(H,18,21)/t13-/m1/s1. The molecular weight excluding hydrogens is 311 g/mol. The normalized spacial score (nSPS) is 12.4. The van der Waals surface area contributed by atoms with E-state index in [4.69, 9.17) is 23.2 Å². The van der Waals surface area contributed by atoms with Crippen molar-refractivity contribution in [3.05, 3.63) is 46.2 Å². The van der Waals surface area contributed by atoms with Crippen molar-refractivity contribution < 1.29 is 4.79 Å². The number of amides is 1. The first-order valence-corrected chi connectivity index (χ1v) is 7.33. The summed E-state index contributed by atoms with van der Waals surface area (Å²) in [5, 5.41) is 11.5. The molecule has 5 nitrogen and oxygen atoms in total. The number of carbonyl (C=O) groups excluding carboxylic acids is 1. The van der Waals surface area contributed by atoms with Gasteiger partial charge in [-0.05, 0) is 24.1 Å². The van der Waals surface area contributed by atoms with E-state index >= 15 is 0 Å². The predicted octanol–water partition coefficient (Wildman–Crippen LogP) is 3.04. The molecule has 21 heavy (non-hydrogen) atoms. The summed E-state index contributed by atoms with van der Waals surface area (Å²) < 4.78 is 1.69. The molecule has 0 saturated heterocycles. The lowest BCUT2D eigenvalue weighted by atomic mass is 10.0. The highest BCUT2D eigenvalue weighted by Gasteiger charge is 2.18. The van der Waals surface area contributed by atoms with Crippen molar-refractivity contribution in [1.29, 1.82) is 0 Å². The van der Waals surface area contributed by atoms with Gasteiger partial charge in [0.1, 0.15) is 0 Å². The van der Waals surface area contributed by atoms with Crippen LogP contribution in [0, 0.1) is 5.92 Å². The van der Waals surface area contributed by atoms with E-state index in [1.54, 1.807) is 35.3 Å². The lowest BCUT2D eigenvalue weighted by molar-refractivity contribution is 0.0919. The zero-order valence-electron chi connectivity index (χ0n) is 11.8. The van der Waals surface area contributed by atoms with E-state index in [1.165, 1.54) is 0 Å². The Kier molecular flexibility index (Phi) is 5.20. The average molecular weight is 327 g/mol. The predicted molar refractivity (Wildman–Crippen MR) is 82.6 cm³/mol. The number of halogens is 2. The molecule has 2 rings (SSSR count). The van der Waals surface area contributed by atoms with E-state index in [1.807, 2.05) is 13.8 Å². The highest BCUT2D eigenvalue weighted by Crippen LogP contribution is 2.22. The maximum Gasteiger partial charge on any atom is 0.251 e. The van der Waals surface area contributed by atoms with E-state index in [9.17, 15) is 4.79 Å². The summed E-state index contributed by atoms with van der Waals surface area (Å²) in [5.74, 6) is 0.0632. The summed E-state index contributed by atoms with van der Waals surface area (Å²) in [6.45, 7) is 4.64. The summed E-state index contributed by atoms with van der Waals surface area (Å²) in [7, 11) is 0. The van der Waals surface area contributed by atoms with Crippen molar-refractivity contribution in [3.8, 4) is 0 Å². The van der Waals surface area contributed by atoms with Crippen molar-refractivity contribution in [1.82, 2.24) is 20.3 Å². The van der Waals surface area contributed by atoms with Gasteiger partial charge in [-0.1, -0.05) is 42.3 Å². The lowest BCUT2D eigenvalue weighted by Gasteiger charge is -2.22. The molecule has 0 fully saturated rings. The van der Waals surface area contributed by atoms with Gasteiger partial charge in [-0.15, -0.1) is 5.10 Å². The number of hydrogen-bond donors (Lipinski definition) is 1. The van der Waals surface area contributed by atoms with Crippen molar-refractivity contribution in [2.45, 2.75) is 26.4 Å². The molecule has 1 atom stereocenters. The SMILES string of the molecule is CC(C)[C@@H](Cn1ccnn1)NC(=O)c1ccc(Cl)c(Cl)c1. The molecule has 0 radical (unpaired) electrons. The Hall–Kier alpha value is -1.59. The molecule has 0 aliphatic rings. The number of benzene rings is 1. The minimum Gasteiger partial charge on any atom is -0.347 e. The van der Waals surface area contributed by atoms with Crippen LogP contribution < -0.4 is 5.32 Å². The van der Waals surface area contributed by atoms with Crippen LogP contribution in [0.25, 0.3) is 0 Å². The first-order valence-electron chi connectivity index (χ1n) is 6.57. The molecule has 0 aliphatic heterocycles. The first-order chi connectivity index (χ1) is 9.97. The third-order valence-corrected chi connectivity index (χ3v) is 3.90. The summed E-state index contributed by atoms with van der Waals surface area (Å²) >= 11 is 11.8. The van der Waals surface area contributed by atoms with Gasteiger partial charge in [0.15, 0.2) is 0 Å². The topological polar surface area (TPSA) is 59.8 Å². The largest absolute Gasteiger partial charge is 0.347 e. The smallest absolute Gasteiger partial charge is 0.251 e. The maximum atomic E-state index is 12.3. The second-order valence-electron chi connectivity index (χ2n) is 5.08. The second-order valence-corrected chi connectivity index (χ2v) is 5.89. The Morgan fingerprint density at radius 2 is 2.10 bits per heavy atom. The Labute approximate surface area is 133 Å². The molecule has 2 aromatic rings. The zero-order valence-corrected chi connectivity index (χ0v) is 13.3. The Morgan fingerprint density at radius 1 is 1.33 bits per heavy atom. The molecule has 1 amide bonds. The van der Waals surface area contributed by atoms with E-state index in [-0.39, 0.29) is 17.9 Å². The van der Waals surface area contributed by atoms with Gasteiger partial charge in [-0.3, -0.25) is 9.48 Å². The van der Waals surface area contributed by atoms with Gasteiger partial charge in [-0.25, -0.2) is 0 Å². The fourth-order valence-electron chi connectivity index (χ4n) is 1.84. The number of nitrogens with zero attached hydrogens (tertiary/aromatic N) is 3. The molecule has 7 heteroatoms. The van der Waals surface area contributed by atoms with Crippen LogP contribution in [0.3, 0.4) is 0 Å². The lowest BCUT2D eigenvalue weighted by Crippen LogP contribution is -2.41. The molecule has 112 valence electrons. The minimum absolute atomic E-state index is 0.0614. The third-order valence-electron chi connectivity index (χ3n) is 3.16. The fourth-order valence-corrected chi connectivity index (χ4v) is 2.14. The molecule has 0 saturated carbocycles. The van der Waals surface area contributed by atoms with Crippen LogP contribution in [0.2, 0.25) is 10.0 Å². The molecule has 0 bridgehead atoms. The fraction of sp³-hybridized carbons (Fsp3) is 0.357. The van der Waals surface area contributed by atoms with Crippen LogP contribution in [-0.4, -0.2) is 26.9 Å². The third kappa shape index (κ3) is 4.19. The van der Waals surface area contributed by atoms with Gasteiger partial charge in [0.05, 0.1) is 28.8 Å². The monoisotopic (exact) mass is 326 g/mol. The van der Waals surface area contributed by atoms with Gasteiger partial charge >= 0.3 is 0 Å². The van der Waals surface area contributed by atoms with Crippen molar-refractivity contribution in [2.24, 2.45) is 5.92 Å². The zero-order chi connectivity index (χ0) is 15.4. The summed E-state index contributed by atoms with van der Waals surface area (Å²) in [4.78, 5) is 12.3. The maximum absolute atomic E-state index is 12.3. The molecular formula is C14H16Cl2N4O. The summed E-state index contributed by atoms with van der Waals surface area (Å²) in [6.07, 6.45) is 3.37. The molecule has 1 heterocycles. The van der Waals surface area contributed by atoms with Crippen LogP contribution >= 0.6 is 23.2 Å². The molecule has 1 aromatic carbocycles. The molecule has 0 aliphatic carbocycles. The van der Waals surface area contributed by atoms with Crippen LogP contribution in [0.4, 0.5) is 0 Å². The number of aromatic nitrogens is 3. The Balaban J connectivity index is 2.09. The number of hydrogen-bond acceptors (Lipinski definition) is 3. The molecule has 0 spiro atoms. The molecule has 1 aromatic heterocycles. The van der Waals surface area contributed by atoms with Crippen LogP contribution in [0.1, 0.15) is 24.2 Å². The van der Waals surface area contributed by atoms with E-state index < -0.39 is 0 Å². The summed E-state index contributed by atoms with van der Waals surface area (Å²) in [6, 6.07) is 4.76. The number of carbonyl (C=O) groups is 1. The average Bonchev–Trinajstić information content (AvgIpc) is 2.93. The Morgan fingerprint density at radius 3 is 2.67 bits per heavy atom. The van der Waals surface area contributed by atoms with Crippen LogP contribution in [0.5, 0.6) is 0 Å². The van der Waals surface area contributed by atoms with Gasteiger partial charge in [0.25, 0.3) is 5.91 Å². The molecule has 0 unspecified atom stereocenters.